The van der Waals surface area contributed by atoms with Crippen molar-refractivity contribution in [3.05, 3.63) is 36.7 Å². The summed E-state index contributed by atoms with van der Waals surface area (Å²) in [6, 6.07) is 7.91. The maximum Gasteiger partial charge on any atom is 0.159 e. The van der Waals surface area contributed by atoms with Crippen molar-refractivity contribution in [2.45, 2.75) is 59.3 Å². The van der Waals surface area contributed by atoms with Gasteiger partial charge in [-0.05, 0) is 43.0 Å². The van der Waals surface area contributed by atoms with E-state index in [0.717, 1.165) is 37.4 Å². The Labute approximate surface area is 175 Å². The molecule has 0 aliphatic heterocycles. The zero-order chi connectivity index (χ0) is 20.7. The molecule has 5 nitrogen and oxygen atoms in total. The summed E-state index contributed by atoms with van der Waals surface area (Å²) in [6.07, 6.45) is 10.6. The standard InChI is InChI=1S/C24H36N2O3/c1-4-6-7-8-14-27-16-17-29-23-18-25-24(26-19-23)21-9-11-22(12-10-21)28-15-13-20(3)5-2/h9-12,18-20H,4-8,13-17H2,1-3H3. The van der Waals surface area contributed by atoms with Gasteiger partial charge in [-0.1, -0.05) is 46.5 Å². The van der Waals surface area contributed by atoms with Crippen molar-refractivity contribution >= 4 is 0 Å². The molecule has 0 aliphatic rings. The lowest BCUT2D eigenvalue weighted by Gasteiger charge is -2.10. The molecule has 0 fully saturated rings. The van der Waals surface area contributed by atoms with Crippen molar-refractivity contribution in [2.24, 2.45) is 5.92 Å². The molecule has 0 radical (unpaired) electrons. The van der Waals surface area contributed by atoms with Gasteiger partial charge in [0, 0.05) is 12.2 Å². The predicted octanol–water partition coefficient (Wildman–Crippen LogP) is 5.93. The average molecular weight is 401 g/mol. The highest BCUT2D eigenvalue weighted by Gasteiger charge is 2.04. The lowest BCUT2D eigenvalue weighted by Crippen LogP contribution is -2.08. The number of ether oxygens (including phenoxy) is 3. The van der Waals surface area contributed by atoms with Crippen LogP contribution in [0.4, 0.5) is 0 Å². The van der Waals surface area contributed by atoms with Crippen LogP contribution in [-0.2, 0) is 4.74 Å². The van der Waals surface area contributed by atoms with Gasteiger partial charge in [0.1, 0.15) is 12.4 Å². The number of aromatic nitrogens is 2. The average Bonchev–Trinajstić information content (AvgIpc) is 2.76. The molecule has 5 heteroatoms. The maximum atomic E-state index is 5.81. The molecule has 1 unspecified atom stereocenters. The van der Waals surface area contributed by atoms with E-state index in [4.69, 9.17) is 14.2 Å². The number of rotatable bonds is 15. The van der Waals surface area contributed by atoms with Gasteiger partial charge in [-0.15, -0.1) is 0 Å². The molecular weight excluding hydrogens is 364 g/mol. The summed E-state index contributed by atoms with van der Waals surface area (Å²) < 4.78 is 17.0. The molecule has 1 heterocycles. The fraction of sp³-hybridized carbons (Fsp3) is 0.583. The zero-order valence-corrected chi connectivity index (χ0v) is 18.2. The van der Waals surface area contributed by atoms with Crippen molar-refractivity contribution in [1.29, 1.82) is 0 Å². The Hall–Kier alpha value is -2.14. The highest BCUT2D eigenvalue weighted by Crippen LogP contribution is 2.21. The van der Waals surface area contributed by atoms with Crippen molar-refractivity contribution in [2.75, 3.05) is 26.4 Å². The lowest BCUT2D eigenvalue weighted by atomic mass is 10.1. The van der Waals surface area contributed by atoms with E-state index >= 15 is 0 Å². The Balaban J connectivity index is 1.69. The molecule has 0 spiro atoms. The predicted molar refractivity (Wildman–Crippen MR) is 117 cm³/mol. The molecule has 1 aromatic carbocycles. The normalized spacial score (nSPS) is 12.0. The first-order valence-corrected chi connectivity index (χ1v) is 11.0. The first-order valence-electron chi connectivity index (χ1n) is 11.0. The van der Waals surface area contributed by atoms with Crippen molar-refractivity contribution < 1.29 is 14.2 Å². The van der Waals surface area contributed by atoms with Gasteiger partial charge < -0.3 is 14.2 Å². The van der Waals surface area contributed by atoms with Crippen LogP contribution in [0.5, 0.6) is 11.5 Å². The molecule has 0 bridgehead atoms. The Kier molecular flexibility index (Phi) is 11.1. The van der Waals surface area contributed by atoms with E-state index in [2.05, 4.69) is 30.7 Å². The first-order chi connectivity index (χ1) is 14.2. The Morgan fingerprint density at radius 3 is 2.21 bits per heavy atom. The van der Waals surface area contributed by atoms with E-state index in [0.29, 0.717) is 30.7 Å². The molecule has 0 saturated heterocycles. The van der Waals surface area contributed by atoms with Gasteiger partial charge in [0.15, 0.2) is 11.6 Å². The van der Waals surface area contributed by atoms with Crippen LogP contribution >= 0.6 is 0 Å². The van der Waals surface area contributed by atoms with Crippen LogP contribution in [0.3, 0.4) is 0 Å². The first kappa shape index (κ1) is 23.1. The minimum Gasteiger partial charge on any atom is -0.494 e. The molecule has 0 saturated carbocycles. The van der Waals surface area contributed by atoms with Crippen LogP contribution in [0.15, 0.2) is 36.7 Å². The smallest absolute Gasteiger partial charge is 0.159 e. The third-order valence-electron chi connectivity index (χ3n) is 4.96. The summed E-state index contributed by atoms with van der Waals surface area (Å²) in [6.45, 7) is 9.32. The van der Waals surface area contributed by atoms with Crippen LogP contribution in [0.25, 0.3) is 11.4 Å². The van der Waals surface area contributed by atoms with E-state index in [1.807, 2.05) is 24.3 Å². The largest absolute Gasteiger partial charge is 0.494 e. The minimum absolute atomic E-state index is 0.513. The summed E-state index contributed by atoms with van der Waals surface area (Å²) in [4.78, 5) is 8.81. The Morgan fingerprint density at radius 1 is 0.793 bits per heavy atom. The van der Waals surface area contributed by atoms with Crippen LogP contribution in [-0.4, -0.2) is 36.4 Å². The van der Waals surface area contributed by atoms with E-state index in [1.165, 1.54) is 25.7 Å². The SMILES string of the molecule is CCCCCCOCCOc1cnc(-c2ccc(OCCC(C)CC)cc2)nc1. The molecule has 0 amide bonds. The van der Waals surface area contributed by atoms with Gasteiger partial charge in [-0.2, -0.15) is 0 Å². The second-order valence-electron chi connectivity index (χ2n) is 7.44. The van der Waals surface area contributed by atoms with Gasteiger partial charge in [-0.3, -0.25) is 0 Å². The molecule has 0 aliphatic carbocycles. The third-order valence-corrected chi connectivity index (χ3v) is 4.96. The Morgan fingerprint density at radius 2 is 1.52 bits per heavy atom. The fourth-order valence-electron chi connectivity index (χ4n) is 2.77. The molecule has 1 atom stereocenters. The zero-order valence-electron chi connectivity index (χ0n) is 18.2. The summed E-state index contributed by atoms with van der Waals surface area (Å²) in [5.74, 6) is 2.91. The number of hydrogen-bond donors (Lipinski definition) is 0. The summed E-state index contributed by atoms with van der Waals surface area (Å²) in [5, 5.41) is 0. The molecule has 0 N–H and O–H groups in total. The number of benzene rings is 1. The molecule has 29 heavy (non-hydrogen) atoms. The quantitative estimate of drug-likeness (QED) is 0.347. The minimum atomic E-state index is 0.513. The van der Waals surface area contributed by atoms with Gasteiger partial charge in [0.05, 0.1) is 25.6 Å². The number of nitrogens with zero attached hydrogens (tertiary/aromatic N) is 2. The molecule has 160 valence electrons. The van der Waals surface area contributed by atoms with Crippen molar-refractivity contribution in [3.63, 3.8) is 0 Å². The van der Waals surface area contributed by atoms with E-state index in [1.54, 1.807) is 12.4 Å². The van der Waals surface area contributed by atoms with Crippen molar-refractivity contribution in [1.82, 2.24) is 9.97 Å². The second kappa shape index (κ2) is 13.9. The van der Waals surface area contributed by atoms with Crippen LogP contribution < -0.4 is 9.47 Å². The Bertz CT molecular complexity index is 659. The fourth-order valence-corrected chi connectivity index (χ4v) is 2.77. The van der Waals surface area contributed by atoms with Crippen LogP contribution in [0.1, 0.15) is 59.3 Å². The van der Waals surface area contributed by atoms with Gasteiger partial charge >= 0.3 is 0 Å². The highest BCUT2D eigenvalue weighted by atomic mass is 16.5. The highest BCUT2D eigenvalue weighted by molar-refractivity contribution is 5.56. The van der Waals surface area contributed by atoms with Gasteiger partial charge in [-0.25, -0.2) is 9.97 Å². The van der Waals surface area contributed by atoms with Crippen LogP contribution in [0.2, 0.25) is 0 Å². The number of unbranched alkanes of at least 4 members (excludes halogenated alkanes) is 3. The van der Waals surface area contributed by atoms with E-state index in [-0.39, 0.29) is 0 Å². The summed E-state index contributed by atoms with van der Waals surface area (Å²) in [7, 11) is 0. The monoisotopic (exact) mass is 400 g/mol. The lowest BCUT2D eigenvalue weighted by molar-refractivity contribution is 0.0969. The van der Waals surface area contributed by atoms with E-state index < -0.39 is 0 Å². The molecule has 1 aromatic heterocycles. The topological polar surface area (TPSA) is 53.5 Å². The number of hydrogen-bond acceptors (Lipinski definition) is 5. The van der Waals surface area contributed by atoms with Crippen molar-refractivity contribution in [3.8, 4) is 22.9 Å². The summed E-state index contributed by atoms with van der Waals surface area (Å²) >= 11 is 0. The third kappa shape index (κ3) is 9.27. The molecule has 2 rings (SSSR count). The molecule has 2 aromatic rings. The van der Waals surface area contributed by atoms with Crippen LogP contribution in [0, 0.1) is 5.92 Å². The second-order valence-corrected chi connectivity index (χ2v) is 7.44. The van der Waals surface area contributed by atoms with E-state index in [9.17, 15) is 0 Å². The molecular formula is C24H36N2O3. The van der Waals surface area contributed by atoms with Gasteiger partial charge in [0.2, 0.25) is 0 Å². The summed E-state index contributed by atoms with van der Waals surface area (Å²) in [5.41, 5.74) is 0.959. The van der Waals surface area contributed by atoms with Gasteiger partial charge in [0.25, 0.3) is 0 Å². The maximum absolute atomic E-state index is 5.81.